The van der Waals surface area contributed by atoms with Crippen molar-refractivity contribution in [2.24, 2.45) is 0 Å². The van der Waals surface area contributed by atoms with Gasteiger partial charge in [0.25, 0.3) is 0 Å². The lowest BCUT2D eigenvalue weighted by Crippen LogP contribution is -2.06. The Kier molecular flexibility index (Phi) is 5.12. The molecule has 1 aromatic heterocycles. The van der Waals surface area contributed by atoms with E-state index in [9.17, 15) is 14.7 Å². The molecule has 0 atom stereocenters. The molecule has 30 heavy (non-hydrogen) atoms. The molecule has 4 aromatic rings. The number of hydrogen-bond donors (Lipinski definition) is 2. The summed E-state index contributed by atoms with van der Waals surface area (Å²) >= 11 is 6.00. The van der Waals surface area contributed by atoms with Crippen LogP contribution in [0.1, 0.15) is 5.56 Å². The van der Waals surface area contributed by atoms with Crippen LogP contribution in [0.5, 0.6) is 5.75 Å². The normalized spacial score (nSPS) is 11.2. The number of halogens is 1. The van der Waals surface area contributed by atoms with Crippen LogP contribution in [0, 0.1) is 0 Å². The van der Waals surface area contributed by atoms with Crippen LogP contribution in [-0.2, 0) is 4.79 Å². The van der Waals surface area contributed by atoms with Gasteiger partial charge >= 0.3 is 11.6 Å². The highest BCUT2D eigenvalue weighted by Crippen LogP contribution is 2.37. The van der Waals surface area contributed by atoms with E-state index in [-0.39, 0.29) is 11.3 Å². The Labute approximate surface area is 176 Å². The molecule has 0 aliphatic heterocycles. The van der Waals surface area contributed by atoms with Gasteiger partial charge < -0.3 is 14.6 Å². The van der Waals surface area contributed by atoms with E-state index in [2.05, 4.69) is 0 Å². The minimum Gasteiger partial charge on any atom is -0.508 e. The Bertz CT molecular complexity index is 1330. The Morgan fingerprint density at radius 2 is 1.53 bits per heavy atom. The number of rotatable bonds is 4. The molecule has 2 N–H and O–H groups in total. The van der Waals surface area contributed by atoms with Gasteiger partial charge in [0.1, 0.15) is 11.3 Å². The van der Waals surface area contributed by atoms with Crippen LogP contribution in [-0.4, -0.2) is 16.2 Å². The maximum Gasteiger partial charge on any atom is 0.344 e. The number of phenols is 1. The minimum absolute atomic E-state index is 0.00926. The molecule has 148 valence electrons. The minimum atomic E-state index is -1.03. The number of carboxylic acid groups (broad SMARTS) is 1. The molecule has 0 bridgehead atoms. The monoisotopic (exact) mass is 418 g/mol. The van der Waals surface area contributed by atoms with Crippen molar-refractivity contribution in [2.45, 2.75) is 0 Å². The van der Waals surface area contributed by atoms with Gasteiger partial charge in [-0.2, -0.15) is 0 Å². The molecule has 0 saturated carbocycles. The van der Waals surface area contributed by atoms with Crippen molar-refractivity contribution in [3.8, 4) is 28.0 Å². The fraction of sp³-hybridized carbons (Fsp3) is 0. The van der Waals surface area contributed by atoms with Crippen LogP contribution in [0.3, 0.4) is 0 Å². The van der Waals surface area contributed by atoms with Crippen molar-refractivity contribution in [3.05, 3.63) is 93.8 Å². The average molecular weight is 419 g/mol. The molecule has 0 radical (unpaired) electrons. The third kappa shape index (κ3) is 3.83. The lowest BCUT2D eigenvalue weighted by Gasteiger charge is -2.13. The van der Waals surface area contributed by atoms with E-state index in [1.165, 1.54) is 18.2 Å². The maximum atomic E-state index is 12.9. The second-order valence-corrected chi connectivity index (χ2v) is 7.06. The molecule has 1 heterocycles. The van der Waals surface area contributed by atoms with Gasteiger partial charge in [-0.1, -0.05) is 48.0 Å². The third-order valence-corrected chi connectivity index (χ3v) is 4.89. The lowest BCUT2D eigenvalue weighted by molar-refractivity contribution is -0.131. The molecule has 0 fully saturated rings. The van der Waals surface area contributed by atoms with Crippen LogP contribution >= 0.6 is 11.6 Å². The second kappa shape index (κ2) is 7.89. The molecule has 0 aliphatic rings. The van der Waals surface area contributed by atoms with E-state index < -0.39 is 11.6 Å². The molecular formula is C24H15ClO5. The first-order valence-electron chi connectivity index (χ1n) is 8.99. The first kappa shape index (κ1) is 19.5. The van der Waals surface area contributed by atoms with Crippen LogP contribution in [0.25, 0.3) is 39.3 Å². The predicted molar refractivity (Wildman–Crippen MR) is 117 cm³/mol. The van der Waals surface area contributed by atoms with Crippen LogP contribution < -0.4 is 5.63 Å². The van der Waals surface area contributed by atoms with Gasteiger partial charge in [-0.3, -0.25) is 0 Å². The average Bonchev–Trinajstić information content (AvgIpc) is 2.72. The summed E-state index contributed by atoms with van der Waals surface area (Å²) in [5.41, 5.74) is 2.85. The smallest absolute Gasteiger partial charge is 0.344 e. The molecule has 0 spiro atoms. The molecule has 0 unspecified atom stereocenters. The summed E-state index contributed by atoms with van der Waals surface area (Å²) in [6.07, 6.45) is 2.55. The van der Waals surface area contributed by atoms with Gasteiger partial charge in [0.15, 0.2) is 0 Å². The summed E-state index contributed by atoms with van der Waals surface area (Å²) in [7, 11) is 0. The van der Waals surface area contributed by atoms with Gasteiger partial charge in [0.2, 0.25) is 0 Å². The van der Waals surface area contributed by atoms with Crippen molar-refractivity contribution >= 4 is 34.6 Å². The molecular weight excluding hydrogens is 404 g/mol. The number of carbonyl (C=O) groups is 1. The molecule has 6 heteroatoms. The maximum absolute atomic E-state index is 12.9. The quantitative estimate of drug-likeness (QED) is 0.333. The third-order valence-electron chi connectivity index (χ3n) is 4.64. The second-order valence-electron chi connectivity index (χ2n) is 6.62. The summed E-state index contributed by atoms with van der Waals surface area (Å²) < 4.78 is 5.48. The van der Waals surface area contributed by atoms with Gasteiger partial charge in [-0.25, -0.2) is 9.59 Å². The van der Waals surface area contributed by atoms with Crippen molar-refractivity contribution in [1.29, 1.82) is 0 Å². The summed E-state index contributed by atoms with van der Waals surface area (Å²) in [4.78, 5) is 23.6. The van der Waals surface area contributed by atoms with E-state index in [0.29, 0.717) is 32.7 Å². The van der Waals surface area contributed by atoms with Crippen molar-refractivity contribution in [2.75, 3.05) is 0 Å². The van der Waals surface area contributed by atoms with Gasteiger partial charge in [-0.05, 0) is 47.0 Å². The van der Waals surface area contributed by atoms with E-state index in [1.807, 2.05) is 12.1 Å². The molecule has 3 aromatic carbocycles. The van der Waals surface area contributed by atoms with E-state index in [4.69, 9.17) is 21.1 Å². The Morgan fingerprint density at radius 1 is 0.900 bits per heavy atom. The first-order chi connectivity index (χ1) is 14.4. The number of phenolic OH excluding ortho intramolecular Hbond substituents is 1. The molecule has 0 saturated heterocycles. The number of fused-ring (bicyclic) bond motifs is 1. The van der Waals surface area contributed by atoms with Crippen LogP contribution in [0.2, 0.25) is 5.02 Å². The standard InChI is InChI=1S/C24H15ClO5/c25-17-8-6-16(7-9-17)23-22(15-4-1-14(2-5-15)3-12-21(27)28)19-11-10-18(26)13-20(19)30-24(23)29/h1-13,26H,(H,27,28). The van der Waals surface area contributed by atoms with Crippen molar-refractivity contribution < 1.29 is 19.4 Å². The first-order valence-corrected chi connectivity index (χ1v) is 9.37. The lowest BCUT2D eigenvalue weighted by atomic mass is 9.92. The van der Waals surface area contributed by atoms with Gasteiger partial charge in [0, 0.05) is 28.1 Å². The highest BCUT2D eigenvalue weighted by molar-refractivity contribution is 6.30. The van der Waals surface area contributed by atoms with Crippen LogP contribution in [0.4, 0.5) is 0 Å². The summed E-state index contributed by atoms with van der Waals surface area (Å²) in [5, 5.41) is 19.8. The number of aromatic hydroxyl groups is 1. The molecule has 0 amide bonds. The fourth-order valence-corrected chi connectivity index (χ4v) is 3.42. The number of hydrogen-bond acceptors (Lipinski definition) is 4. The zero-order valence-corrected chi connectivity index (χ0v) is 16.3. The van der Waals surface area contributed by atoms with Crippen molar-refractivity contribution in [1.82, 2.24) is 0 Å². The molecule has 4 rings (SSSR count). The van der Waals surface area contributed by atoms with Gasteiger partial charge in [0.05, 0.1) is 5.56 Å². The number of carboxylic acids is 1. The fourth-order valence-electron chi connectivity index (χ4n) is 3.30. The van der Waals surface area contributed by atoms with Crippen LogP contribution in [0.15, 0.2) is 82.0 Å². The Hall–Kier alpha value is -3.83. The van der Waals surface area contributed by atoms with E-state index in [1.54, 1.807) is 42.5 Å². The van der Waals surface area contributed by atoms with E-state index >= 15 is 0 Å². The van der Waals surface area contributed by atoms with Crippen molar-refractivity contribution in [3.63, 3.8) is 0 Å². The highest BCUT2D eigenvalue weighted by atomic mass is 35.5. The zero-order valence-electron chi connectivity index (χ0n) is 15.5. The SMILES string of the molecule is O=C(O)C=Cc1ccc(-c2c(-c3ccc(Cl)cc3)c(=O)oc3cc(O)ccc23)cc1. The zero-order chi connectivity index (χ0) is 21.3. The van der Waals surface area contributed by atoms with E-state index in [0.717, 1.165) is 11.6 Å². The molecule has 5 nitrogen and oxygen atoms in total. The Balaban J connectivity index is 1.98. The summed E-state index contributed by atoms with van der Waals surface area (Å²) in [6, 6.07) is 18.6. The topological polar surface area (TPSA) is 87.7 Å². The molecule has 0 aliphatic carbocycles. The highest BCUT2D eigenvalue weighted by Gasteiger charge is 2.18. The Morgan fingerprint density at radius 3 is 2.20 bits per heavy atom. The summed E-state index contributed by atoms with van der Waals surface area (Å²) in [5.74, 6) is -1.04. The number of aliphatic carboxylic acids is 1. The summed E-state index contributed by atoms with van der Waals surface area (Å²) in [6.45, 7) is 0. The van der Waals surface area contributed by atoms with Gasteiger partial charge in [-0.15, -0.1) is 0 Å². The largest absolute Gasteiger partial charge is 0.508 e. The predicted octanol–water partition coefficient (Wildman–Crippen LogP) is 5.58. The number of benzene rings is 3.